The van der Waals surface area contributed by atoms with Crippen molar-refractivity contribution in [3.63, 3.8) is 0 Å². The van der Waals surface area contributed by atoms with Crippen LogP contribution in [-0.2, 0) is 11.3 Å². The van der Waals surface area contributed by atoms with E-state index in [0.717, 1.165) is 38.2 Å². The summed E-state index contributed by atoms with van der Waals surface area (Å²) < 4.78 is 55.0. The van der Waals surface area contributed by atoms with Crippen LogP contribution in [0.3, 0.4) is 0 Å². The summed E-state index contributed by atoms with van der Waals surface area (Å²) in [5.41, 5.74) is -0.939. The average Bonchev–Trinajstić information content (AvgIpc) is 3.65. The van der Waals surface area contributed by atoms with Gasteiger partial charge in [-0.25, -0.2) is 18.0 Å². The predicted octanol–water partition coefficient (Wildman–Crippen LogP) is 6.16. The van der Waals surface area contributed by atoms with Crippen LogP contribution in [0.15, 0.2) is 35.1 Å². The number of carbonyl (C=O) groups excluding carboxylic acids is 1. The maximum atomic E-state index is 15.2. The second kappa shape index (κ2) is 9.77. The van der Waals surface area contributed by atoms with Gasteiger partial charge in [0.05, 0.1) is 30.0 Å². The molecule has 0 unspecified atom stereocenters. The molecule has 0 bridgehead atoms. The Bertz CT molecular complexity index is 1380. The third-order valence-corrected chi connectivity index (χ3v) is 6.38. The molecular formula is C26H23ClF3NO4. The van der Waals surface area contributed by atoms with Crippen LogP contribution in [0.4, 0.5) is 13.2 Å². The molecule has 1 heterocycles. The summed E-state index contributed by atoms with van der Waals surface area (Å²) in [4.78, 5) is 26.5. The van der Waals surface area contributed by atoms with Crippen molar-refractivity contribution in [1.29, 1.82) is 0 Å². The Kier molecular flexibility index (Phi) is 6.94. The number of hydrogen-bond acceptors (Lipinski definition) is 4. The zero-order valence-corrected chi connectivity index (χ0v) is 20.1. The fraction of sp³-hybridized carbons (Fsp3) is 0.308. The van der Waals surface area contributed by atoms with Gasteiger partial charge in [0, 0.05) is 23.4 Å². The quantitative estimate of drug-likeness (QED) is 0.361. The number of methoxy groups -OCH3 is 1. The minimum Gasteiger partial charge on any atom is -0.492 e. The minimum absolute atomic E-state index is 0.0454. The molecule has 5 nitrogen and oxygen atoms in total. The van der Waals surface area contributed by atoms with Gasteiger partial charge >= 0.3 is 5.97 Å². The SMILES string of the molecule is CCn1c(C)c(-c2cc(OCC3CC3)c(Cl)cc2F)c(=O)c(C(=O)OC)c1-c1ccc(F)c(F)c1. The lowest BCUT2D eigenvalue weighted by Gasteiger charge is -2.22. The number of pyridine rings is 1. The molecule has 1 saturated carbocycles. The van der Waals surface area contributed by atoms with E-state index in [4.69, 9.17) is 21.1 Å². The molecule has 0 atom stereocenters. The molecule has 0 N–H and O–H groups in total. The van der Waals surface area contributed by atoms with Gasteiger partial charge in [-0.1, -0.05) is 11.6 Å². The number of rotatable bonds is 7. The average molecular weight is 506 g/mol. The van der Waals surface area contributed by atoms with E-state index in [1.807, 2.05) is 0 Å². The lowest BCUT2D eigenvalue weighted by molar-refractivity contribution is 0.0599. The van der Waals surface area contributed by atoms with Gasteiger partial charge in [-0.2, -0.15) is 0 Å². The van der Waals surface area contributed by atoms with Crippen molar-refractivity contribution in [3.8, 4) is 28.1 Å². The normalized spacial score (nSPS) is 13.1. The first-order valence-electron chi connectivity index (χ1n) is 11.1. The third kappa shape index (κ3) is 4.67. The second-order valence-corrected chi connectivity index (χ2v) is 8.80. The third-order valence-electron chi connectivity index (χ3n) is 6.09. The zero-order valence-electron chi connectivity index (χ0n) is 19.4. The highest BCUT2D eigenvalue weighted by Crippen LogP contribution is 2.37. The molecule has 1 aromatic heterocycles. The van der Waals surface area contributed by atoms with Crippen molar-refractivity contribution in [1.82, 2.24) is 4.57 Å². The molecule has 2 aromatic carbocycles. The molecule has 9 heteroatoms. The van der Waals surface area contributed by atoms with Gasteiger partial charge in [-0.15, -0.1) is 0 Å². The Morgan fingerprint density at radius 1 is 1.11 bits per heavy atom. The minimum atomic E-state index is -1.14. The molecule has 0 aliphatic heterocycles. The summed E-state index contributed by atoms with van der Waals surface area (Å²) >= 11 is 6.18. The zero-order chi connectivity index (χ0) is 25.4. The van der Waals surface area contributed by atoms with E-state index in [1.54, 1.807) is 18.4 Å². The number of aromatic nitrogens is 1. The van der Waals surface area contributed by atoms with Crippen molar-refractivity contribution < 1.29 is 27.4 Å². The topological polar surface area (TPSA) is 57.5 Å². The molecule has 4 rings (SSSR count). The van der Waals surface area contributed by atoms with E-state index < -0.39 is 34.4 Å². The molecular weight excluding hydrogens is 483 g/mol. The van der Waals surface area contributed by atoms with Crippen molar-refractivity contribution in [2.75, 3.05) is 13.7 Å². The van der Waals surface area contributed by atoms with Crippen LogP contribution in [0.25, 0.3) is 22.4 Å². The summed E-state index contributed by atoms with van der Waals surface area (Å²) in [7, 11) is 1.10. The van der Waals surface area contributed by atoms with E-state index in [0.29, 0.717) is 18.2 Å². The molecule has 184 valence electrons. The molecule has 0 spiro atoms. The van der Waals surface area contributed by atoms with E-state index in [-0.39, 0.29) is 39.7 Å². The first-order valence-corrected chi connectivity index (χ1v) is 11.5. The molecule has 3 aromatic rings. The second-order valence-electron chi connectivity index (χ2n) is 8.39. The van der Waals surface area contributed by atoms with Gasteiger partial charge in [0.25, 0.3) is 0 Å². The highest BCUT2D eigenvalue weighted by molar-refractivity contribution is 6.32. The van der Waals surface area contributed by atoms with Gasteiger partial charge in [0.2, 0.25) is 5.43 Å². The maximum absolute atomic E-state index is 15.2. The van der Waals surface area contributed by atoms with Crippen LogP contribution in [-0.4, -0.2) is 24.3 Å². The van der Waals surface area contributed by atoms with E-state index in [9.17, 15) is 18.4 Å². The molecule has 35 heavy (non-hydrogen) atoms. The van der Waals surface area contributed by atoms with Crippen molar-refractivity contribution >= 4 is 17.6 Å². The highest BCUT2D eigenvalue weighted by atomic mass is 35.5. The van der Waals surface area contributed by atoms with Crippen LogP contribution in [0, 0.1) is 30.3 Å². The lowest BCUT2D eigenvalue weighted by atomic mass is 9.95. The number of hydrogen-bond donors (Lipinski definition) is 0. The summed E-state index contributed by atoms with van der Waals surface area (Å²) in [6.07, 6.45) is 2.08. The fourth-order valence-corrected chi connectivity index (χ4v) is 4.31. The number of nitrogens with zero attached hydrogens (tertiary/aromatic N) is 1. The van der Waals surface area contributed by atoms with Crippen LogP contribution in [0.2, 0.25) is 5.02 Å². The van der Waals surface area contributed by atoms with Gasteiger partial charge < -0.3 is 14.0 Å². The first kappa shape index (κ1) is 24.9. The highest BCUT2D eigenvalue weighted by Gasteiger charge is 2.29. The number of esters is 1. The molecule has 1 aliphatic carbocycles. The Hall–Kier alpha value is -3.26. The van der Waals surface area contributed by atoms with Crippen LogP contribution >= 0.6 is 11.6 Å². The number of carbonyl (C=O) groups is 1. The molecule has 1 aliphatic rings. The summed E-state index contributed by atoms with van der Waals surface area (Å²) in [5.74, 6) is -3.34. The summed E-state index contributed by atoms with van der Waals surface area (Å²) in [6.45, 7) is 3.99. The maximum Gasteiger partial charge on any atom is 0.344 e. The summed E-state index contributed by atoms with van der Waals surface area (Å²) in [6, 6.07) is 5.48. The predicted molar refractivity (Wildman–Crippen MR) is 126 cm³/mol. The fourth-order valence-electron chi connectivity index (χ4n) is 4.11. The Balaban J connectivity index is 2.01. The smallest absolute Gasteiger partial charge is 0.344 e. The van der Waals surface area contributed by atoms with Gasteiger partial charge in [0.1, 0.15) is 17.1 Å². The van der Waals surface area contributed by atoms with Gasteiger partial charge in [-0.05, 0) is 62.9 Å². The first-order chi connectivity index (χ1) is 16.7. The van der Waals surface area contributed by atoms with E-state index in [1.165, 1.54) is 12.1 Å². The Morgan fingerprint density at radius 2 is 1.83 bits per heavy atom. The number of benzene rings is 2. The standard InChI is InChI=1S/C26H23ClF3NO4/c1-4-31-13(2)22(16-10-21(17(27)11-19(16)29)35-12-14-5-6-14)25(32)23(26(33)34-3)24(31)15-7-8-18(28)20(30)9-15/h7-11,14H,4-6,12H2,1-3H3. The molecule has 0 amide bonds. The molecule has 1 fully saturated rings. The van der Waals surface area contributed by atoms with E-state index >= 15 is 4.39 Å². The largest absolute Gasteiger partial charge is 0.492 e. The number of halogens is 4. The Labute approximate surface area is 205 Å². The van der Waals surface area contributed by atoms with E-state index in [2.05, 4.69) is 0 Å². The number of ether oxygens (including phenoxy) is 2. The van der Waals surface area contributed by atoms with Crippen molar-refractivity contribution in [2.45, 2.75) is 33.2 Å². The van der Waals surface area contributed by atoms with Crippen molar-refractivity contribution in [3.05, 3.63) is 74.3 Å². The van der Waals surface area contributed by atoms with Crippen LogP contribution in [0.1, 0.15) is 35.8 Å². The molecule has 0 saturated heterocycles. The van der Waals surface area contributed by atoms with Crippen molar-refractivity contribution in [2.24, 2.45) is 5.92 Å². The monoisotopic (exact) mass is 505 g/mol. The molecule has 0 radical (unpaired) electrons. The van der Waals surface area contributed by atoms with Crippen LogP contribution < -0.4 is 10.2 Å². The van der Waals surface area contributed by atoms with Gasteiger partial charge in [-0.3, -0.25) is 4.79 Å². The van der Waals surface area contributed by atoms with Crippen LogP contribution in [0.5, 0.6) is 5.75 Å². The summed E-state index contributed by atoms with van der Waals surface area (Å²) in [5, 5.41) is 0.0620. The van der Waals surface area contributed by atoms with Gasteiger partial charge in [0.15, 0.2) is 11.6 Å². The Morgan fingerprint density at radius 3 is 2.43 bits per heavy atom. The lowest BCUT2D eigenvalue weighted by Crippen LogP contribution is -2.26.